The van der Waals surface area contributed by atoms with Crippen molar-refractivity contribution >= 4 is 27.4 Å². The summed E-state index contributed by atoms with van der Waals surface area (Å²) in [6.07, 6.45) is -5.49. The summed E-state index contributed by atoms with van der Waals surface area (Å²) in [6, 6.07) is 4.16. The quantitative estimate of drug-likeness (QED) is 0.662. The molecule has 1 aromatic heterocycles. The summed E-state index contributed by atoms with van der Waals surface area (Å²) in [5.41, 5.74) is 0.0720. The van der Waals surface area contributed by atoms with Gasteiger partial charge in [-0.15, -0.1) is 11.3 Å². The number of carboxylic acids is 1. The minimum absolute atomic E-state index is 0.0720. The van der Waals surface area contributed by atoms with Crippen molar-refractivity contribution in [2.24, 2.45) is 0 Å². The molecule has 1 aromatic carbocycles. The molecule has 21 heavy (non-hydrogen) atoms. The van der Waals surface area contributed by atoms with Gasteiger partial charge in [-0.2, -0.15) is 13.2 Å². The van der Waals surface area contributed by atoms with Crippen molar-refractivity contribution in [3.8, 4) is 0 Å². The van der Waals surface area contributed by atoms with E-state index in [9.17, 15) is 22.4 Å². The molecular weight excluding hydrogens is 312 g/mol. The fourth-order valence-corrected chi connectivity index (χ4v) is 2.90. The van der Waals surface area contributed by atoms with E-state index in [1.165, 1.54) is 12.1 Å². The predicted molar refractivity (Wildman–Crippen MR) is 69.1 cm³/mol. The van der Waals surface area contributed by atoms with Crippen LogP contribution in [-0.2, 0) is 11.3 Å². The second-order valence-corrected chi connectivity index (χ2v) is 5.30. The number of carbonyl (C=O) groups is 1. The van der Waals surface area contributed by atoms with Gasteiger partial charge in [-0.1, -0.05) is 6.07 Å². The maximum atomic E-state index is 13.8. The van der Waals surface area contributed by atoms with E-state index >= 15 is 0 Å². The van der Waals surface area contributed by atoms with Crippen LogP contribution in [-0.4, -0.2) is 23.9 Å². The van der Waals surface area contributed by atoms with Crippen molar-refractivity contribution in [1.82, 2.24) is 0 Å². The normalized spacial score (nSPS) is 12.0. The van der Waals surface area contributed by atoms with E-state index in [1.807, 2.05) is 0 Å². The Labute approximate surface area is 120 Å². The zero-order chi connectivity index (χ0) is 15.6. The summed E-state index contributed by atoms with van der Waals surface area (Å²) in [6.45, 7) is -0.979. The smallest absolute Gasteiger partial charge is 0.391 e. The first-order valence-electron chi connectivity index (χ1n) is 5.87. The molecule has 0 aliphatic heterocycles. The van der Waals surface area contributed by atoms with Crippen molar-refractivity contribution < 1.29 is 32.2 Å². The first-order valence-corrected chi connectivity index (χ1v) is 6.69. The Bertz CT molecular complexity index is 663. The number of alkyl halides is 3. The molecule has 2 rings (SSSR count). The molecule has 0 spiro atoms. The summed E-state index contributed by atoms with van der Waals surface area (Å²) in [5.74, 6) is -1.88. The van der Waals surface area contributed by atoms with Crippen LogP contribution in [0.15, 0.2) is 18.2 Å². The zero-order valence-electron chi connectivity index (χ0n) is 10.5. The summed E-state index contributed by atoms with van der Waals surface area (Å²) in [4.78, 5) is 11.0. The first-order chi connectivity index (χ1) is 9.79. The fraction of sp³-hybridized carbons (Fsp3) is 0.308. The van der Waals surface area contributed by atoms with Crippen LogP contribution in [0.3, 0.4) is 0 Å². The Morgan fingerprint density at radius 2 is 2.05 bits per heavy atom. The van der Waals surface area contributed by atoms with Crippen molar-refractivity contribution in [3.05, 3.63) is 34.5 Å². The van der Waals surface area contributed by atoms with Crippen LogP contribution in [0.4, 0.5) is 17.6 Å². The number of hydrogen-bond donors (Lipinski definition) is 1. The number of ether oxygens (including phenoxy) is 1. The molecule has 0 unspecified atom stereocenters. The summed E-state index contributed by atoms with van der Waals surface area (Å²) in [5, 5.41) is 9.19. The van der Waals surface area contributed by atoms with Gasteiger partial charge in [0.1, 0.15) is 10.7 Å². The van der Waals surface area contributed by atoms with Crippen LogP contribution in [0.2, 0.25) is 0 Å². The summed E-state index contributed by atoms with van der Waals surface area (Å²) >= 11 is 0.868. The number of carboxylic acid groups (broad SMARTS) is 1. The van der Waals surface area contributed by atoms with Gasteiger partial charge in [0.25, 0.3) is 0 Å². The Kier molecular flexibility index (Phi) is 4.48. The predicted octanol–water partition coefficient (Wildman–Crippen LogP) is 4.21. The van der Waals surface area contributed by atoms with Crippen LogP contribution < -0.4 is 0 Å². The van der Waals surface area contributed by atoms with Crippen LogP contribution >= 0.6 is 11.3 Å². The Morgan fingerprint density at radius 3 is 2.67 bits per heavy atom. The fourth-order valence-electron chi connectivity index (χ4n) is 1.84. The second-order valence-electron chi connectivity index (χ2n) is 4.25. The van der Waals surface area contributed by atoms with E-state index in [0.29, 0.717) is 4.70 Å². The molecule has 0 aliphatic rings. The third-order valence-corrected chi connectivity index (χ3v) is 3.92. The molecule has 1 heterocycles. The third-order valence-electron chi connectivity index (χ3n) is 2.73. The average Bonchev–Trinajstić information content (AvgIpc) is 2.74. The maximum Gasteiger partial charge on any atom is 0.391 e. The molecule has 0 radical (unpaired) electrons. The summed E-state index contributed by atoms with van der Waals surface area (Å²) in [7, 11) is 0. The number of fused-ring (bicyclic) bond motifs is 1. The minimum atomic E-state index is -4.35. The molecule has 3 nitrogen and oxygen atoms in total. The standard InChI is InChI=1S/C13H10F4O3S/c14-8-2-1-3-9-10(8)7(11(21-9)12(18)19)6-20-5-4-13(15,16)17/h1-3H,4-6H2,(H,18,19). The highest BCUT2D eigenvalue weighted by Gasteiger charge is 2.27. The van der Waals surface area contributed by atoms with Gasteiger partial charge in [-0.25, -0.2) is 9.18 Å². The van der Waals surface area contributed by atoms with Gasteiger partial charge in [0.05, 0.1) is 19.6 Å². The van der Waals surface area contributed by atoms with Crippen molar-refractivity contribution in [2.45, 2.75) is 19.2 Å². The van der Waals surface area contributed by atoms with Crippen LogP contribution in [0.25, 0.3) is 10.1 Å². The first kappa shape index (κ1) is 15.7. The Hall–Kier alpha value is -1.67. The van der Waals surface area contributed by atoms with Crippen molar-refractivity contribution in [3.63, 3.8) is 0 Å². The van der Waals surface area contributed by atoms with E-state index in [-0.39, 0.29) is 22.4 Å². The number of halogens is 4. The topological polar surface area (TPSA) is 46.5 Å². The lowest BCUT2D eigenvalue weighted by atomic mass is 10.1. The van der Waals surface area contributed by atoms with Gasteiger partial charge in [-0.3, -0.25) is 0 Å². The number of aromatic carboxylic acids is 1. The molecule has 0 fully saturated rings. The lowest BCUT2D eigenvalue weighted by molar-refractivity contribution is -0.146. The highest BCUT2D eigenvalue weighted by atomic mass is 32.1. The molecule has 0 saturated heterocycles. The molecule has 114 valence electrons. The van der Waals surface area contributed by atoms with E-state index in [0.717, 1.165) is 11.3 Å². The lowest BCUT2D eigenvalue weighted by Crippen LogP contribution is -2.12. The molecule has 0 amide bonds. The number of rotatable bonds is 5. The molecule has 0 saturated carbocycles. The second kappa shape index (κ2) is 5.98. The Balaban J connectivity index is 2.24. The molecule has 0 atom stereocenters. The molecular formula is C13H10F4O3S. The zero-order valence-corrected chi connectivity index (χ0v) is 11.4. The SMILES string of the molecule is O=C(O)c1sc2cccc(F)c2c1COCCC(F)(F)F. The maximum absolute atomic E-state index is 13.8. The van der Waals surface area contributed by atoms with Gasteiger partial charge in [0, 0.05) is 15.6 Å². The van der Waals surface area contributed by atoms with Crippen LogP contribution in [0, 0.1) is 5.82 Å². The van der Waals surface area contributed by atoms with E-state index < -0.39 is 31.0 Å². The Morgan fingerprint density at radius 1 is 1.33 bits per heavy atom. The molecule has 8 heteroatoms. The molecule has 0 aliphatic carbocycles. The average molecular weight is 322 g/mol. The monoisotopic (exact) mass is 322 g/mol. The van der Waals surface area contributed by atoms with Crippen LogP contribution in [0.5, 0.6) is 0 Å². The van der Waals surface area contributed by atoms with Gasteiger partial charge < -0.3 is 9.84 Å². The van der Waals surface area contributed by atoms with E-state index in [1.54, 1.807) is 6.07 Å². The number of hydrogen-bond acceptors (Lipinski definition) is 3. The minimum Gasteiger partial charge on any atom is -0.477 e. The summed E-state index contributed by atoms with van der Waals surface area (Å²) < 4.78 is 55.1. The third kappa shape index (κ3) is 3.70. The molecule has 0 bridgehead atoms. The van der Waals surface area contributed by atoms with Gasteiger partial charge in [-0.05, 0) is 12.1 Å². The van der Waals surface area contributed by atoms with Crippen molar-refractivity contribution in [2.75, 3.05) is 6.61 Å². The van der Waals surface area contributed by atoms with E-state index in [2.05, 4.69) is 0 Å². The molecule has 2 aromatic rings. The van der Waals surface area contributed by atoms with Gasteiger partial charge in [0.15, 0.2) is 0 Å². The van der Waals surface area contributed by atoms with E-state index in [4.69, 9.17) is 9.84 Å². The number of thiophene rings is 1. The van der Waals surface area contributed by atoms with Crippen molar-refractivity contribution in [1.29, 1.82) is 0 Å². The highest BCUT2D eigenvalue weighted by molar-refractivity contribution is 7.21. The van der Waals surface area contributed by atoms with Crippen LogP contribution in [0.1, 0.15) is 21.7 Å². The molecule has 1 N–H and O–H groups in total. The lowest BCUT2D eigenvalue weighted by Gasteiger charge is -2.07. The number of benzene rings is 1. The van der Waals surface area contributed by atoms with Gasteiger partial charge in [0.2, 0.25) is 0 Å². The van der Waals surface area contributed by atoms with Gasteiger partial charge >= 0.3 is 12.1 Å². The largest absolute Gasteiger partial charge is 0.477 e. The highest BCUT2D eigenvalue weighted by Crippen LogP contribution is 2.34.